The van der Waals surface area contributed by atoms with Crippen molar-refractivity contribution in [2.45, 2.75) is 64.8 Å². The Morgan fingerprint density at radius 3 is 2.44 bits per heavy atom. The van der Waals surface area contributed by atoms with Gasteiger partial charge >= 0.3 is 12.1 Å². The Morgan fingerprint density at radius 2 is 1.85 bits per heavy atom. The molecule has 0 heterocycles. The van der Waals surface area contributed by atoms with Gasteiger partial charge in [-0.2, -0.15) is 13.2 Å². The fourth-order valence-corrected chi connectivity index (χ4v) is 4.11. The molecule has 2 aromatic rings. The molecule has 0 unspecified atom stereocenters. The van der Waals surface area contributed by atoms with E-state index in [1.54, 1.807) is 6.92 Å². The third kappa shape index (κ3) is 9.41. The van der Waals surface area contributed by atoms with Crippen molar-refractivity contribution in [3.63, 3.8) is 0 Å². The van der Waals surface area contributed by atoms with Crippen LogP contribution in [0.5, 0.6) is 5.75 Å². The molecule has 0 aliphatic heterocycles. The molecule has 0 saturated heterocycles. The van der Waals surface area contributed by atoms with Crippen LogP contribution in [0, 0.1) is 18.6 Å². The first-order valence-corrected chi connectivity index (χ1v) is 12.9. The lowest BCUT2D eigenvalue weighted by Gasteiger charge is -2.24. The highest BCUT2D eigenvalue weighted by Crippen LogP contribution is 2.42. The first-order chi connectivity index (χ1) is 19.2. The van der Waals surface area contributed by atoms with Crippen LogP contribution in [0.4, 0.5) is 22.0 Å². The Bertz CT molecular complexity index is 1270. The summed E-state index contributed by atoms with van der Waals surface area (Å²) in [6.07, 6.45) is -5.38. The van der Waals surface area contributed by atoms with Crippen molar-refractivity contribution in [1.29, 1.82) is 0 Å². The van der Waals surface area contributed by atoms with Gasteiger partial charge in [0.25, 0.3) is 0 Å². The number of aliphatic hydroxyl groups excluding tert-OH is 1. The van der Waals surface area contributed by atoms with E-state index in [4.69, 9.17) is 9.47 Å². The lowest BCUT2D eigenvalue weighted by atomic mass is 9.91. The highest BCUT2D eigenvalue weighted by atomic mass is 19.4. The van der Waals surface area contributed by atoms with Crippen molar-refractivity contribution in [3.8, 4) is 16.9 Å². The van der Waals surface area contributed by atoms with E-state index in [2.05, 4.69) is 18.5 Å². The highest BCUT2D eigenvalue weighted by Gasteiger charge is 2.38. The van der Waals surface area contributed by atoms with Crippen LogP contribution in [0.25, 0.3) is 11.1 Å². The molecule has 0 bridgehead atoms. The van der Waals surface area contributed by atoms with Crippen molar-refractivity contribution in [1.82, 2.24) is 5.32 Å². The van der Waals surface area contributed by atoms with Crippen molar-refractivity contribution in [2.24, 2.45) is 0 Å². The van der Waals surface area contributed by atoms with Gasteiger partial charge in [-0.05, 0) is 69.4 Å². The molecular formula is C30H34F5NO5. The number of alkyl halides is 3. The van der Waals surface area contributed by atoms with Gasteiger partial charge < -0.3 is 19.9 Å². The predicted molar refractivity (Wildman–Crippen MR) is 144 cm³/mol. The number of ether oxygens (including phenoxy) is 2. The lowest BCUT2D eigenvalue weighted by molar-refractivity contribution is -0.144. The Kier molecular flexibility index (Phi) is 12.1. The molecule has 2 N–H and O–H groups in total. The highest BCUT2D eigenvalue weighted by molar-refractivity contribution is 5.82. The van der Waals surface area contributed by atoms with E-state index in [1.807, 2.05) is 0 Å². The van der Waals surface area contributed by atoms with Crippen LogP contribution >= 0.6 is 0 Å². The molecule has 41 heavy (non-hydrogen) atoms. The molecule has 11 heteroatoms. The molecule has 2 atom stereocenters. The minimum Gasteiger partial charge on any atom is -0.493 e. The van der Waals surface area contributed by atoms with Gasteiger partial charge in [-0.15, -0.1) is 13.2 Å². The summed E-state index contributed by atoms with van der Waals surface area (Å²) in [6, 6.07) is 2.03. The topological polar surface area (TPSA) is 84.9 Å². The van der Waals surface area contributed by atoms with E-state index < -0.39 is 59.4 Å². The number of hydrogen-bond acceptors (Lipinski definition) is 5. The van der Waals surface area contributed by atoms with Gasteiger partial charge in [-0.1, -0.05) is 11.6 Å². The summed E-state index contributed by atoms with van der Waals surface area (Å²) in [5.74, 6) is -4.45. The molecule has 1 amide bonds. The van der Waals surface area contributed by atoms with Gasteiger partial charge in [0.15, 0.2) is 0 Å². The number of esters is 1. The minimum atomic E-state index is -5.17. The summed E-state index contributed by atoms with van der Waals surface area (Å²) in [4.78, 5) is 25.1. The van der Waals surface area contributed by atoms with E-state index in [0.29, 0.717) is 18.1 Å². The smallest absolute Gasteiger partial charge is 0.419 e. The SMILES string of the molecule is C=CCCOc1cc(F)cc(C)c1-c1cc([C@H](CC(=O)OCC)NC(=O)[C@H](O)CCC(=C)C)c(F)c(C(F)(F)F)c1. The number of amides is 1. The standard InChI is InChI=1S/C30H34F5NO5/c1-6-8-11-41-25-15-20(31)12-18(5)27(25)19-13-21(28(32)22(14-19)30(33,34)35)23(16-26(38)40-7-2)36-29(39)24(37)10-9-17(3)4/h6,12-15,23-24,37H,1,3,7-11,16H2,2,4-5H3,(H,36,39)/t23-,24+/m0/s1. The molecule has 0 aliphatic rings. The zero-order chi connectivity index (χ0) is 30.9. The maximum Gasteiger partial charge on any atom is 0.419 e. The number of aryl methyl sites for hydroxylation is 1. The van der Waals surface area contributed by atoms with Crippen LogP contribution in [0.3, 0.4) is 0 Å². The number of hydrogen-bond donors (Lipinski definition) is 2. The van der Waals surface area contributed by atoms with E-state index in [0.717, 1.165) is 18.2 Å². The second-order valence-corrected chi connectivity index (χ2v) is 9.53. The molecule has 2 rings (SSSR count). The minimum absolute atomic E-state index is 0.0448. The number of nitrogens with one attached hydrogen (secondary N) is 1. The summed E-state index contributed by atoms with van der Waals surface area (Å²) in [5, 5.41) is 12.6. The normalized spacial score (nSPS) is 12.8. The van der Waals surface area contributed by atoms with E-state index in [-0.39, 0.29) is 48.5 Å². The molecule has 0 aromatic heterocycles. The zero-order valence-electron chi connectivity index (χ0n) is 23.2. The van der Waals surface area contributed by atoms with E-state index >= 15 is 4.39 Å². The number of rotatable bonds is 14. The average molecular weight is 584 g/mol. The summed E-state index contributed by atoms with van der Waals surface area (Å²) < 4.78 is 82.6. The third-order valence-corrected chi connectivity index (χ3v) is 6.05. The Labute approximate surface area is 235 Å². The molecule has 0 fully saturated rings. The monoisotopic (exact) mass is 583 g/mol. The first kappa shape index (κ1) is 33.5. The number of carbonyl (C=O) groups excluding carboxylic acids is 2. The number of aliphatic hydroxyl groups is 1. The van der Waals surface area contributed by atoms with Crippen molar-refractivity contribution < 1.29 is 46.1 Å². The van der Waals surface area contributed by atoms with Gasteiger partial charge in [0.2, 0.25) is 5.91 Å². The maximum absolute atomic E-state index is 15.6. The molecule has 2 aromatic carbocycles. The fourth-order valence-electron chi connectivity index (χ4n) is 4.11. The van der Waals surface area contributed by atoms with Gasteiger partial charge in [0.05, 0.1) is 31.2 Å². The van der Waals surface area contributed by atoms with Crippen LogP contribution in [0.2, 0.25) is 0 Å². The molecule has 224 valence electrons. The first-order valence-electron chi connectivity index (χ1n) is 12.9. The van der Waals surface area contributed by atoms with Gasteiger partial charge in [-0.3, -0.25) is 9.59 Å². The Hall–Kier alpha value is -3.73. The van der Waals surface area contributed by atoms with Crippen LogP contribution < -0.4 is 10.1 Å². The average Bonchev–Trinajstić information content (AvgIpc) is 2.86. The molecule has 0 radical (unpaired) electrons. The second kappa shape index (κ2) is 14.8. The quantitative estimate of drug-likeness (QED) is 0.111. The van der Waals surface area contributed by atoms with Crippen LogP contribution in [-0.2, 0) is 20.5 Å². The van der Waals surface area contributed by atoms with E-state index in [9.17, 15) is 32.3 Å². The van der Waals surface area contributed by atoms with Crippen molar-refractivity contribution >= 4 is 11.9 Å². The van der Waals surface area contributed by atoms with E-state index in [1.165, 1.54) is 19.9 Å². The molecule has 0 spiro atoms. The number of halogens is 5. The van der Waals surface area contributed by atoms with Crippen LogP contribution in [-0.4, -0.2) is 36.3 Å². The van der Waals surface area contributed by atoms with Gasteiger partial charge in [0, 0.05) is 17.2 Å². The van der Waals surface area contributed by atoms with Gasteiger partial charge in [0.1, 0.15) is 23.5 Å². The second-order valence-electron chi connectivity index (χ2n) is 9.53. The van der Waals surface area contributed by atoms with Crippen molar-refractivity contribution in [2.75, 3.05) is 13.2 Å². The lowest BCUT2D eigenvalue weighted by Crippen LogP contribution is -2.38. The predicted octanol–water partition coefficient (Wildman–Crippen LogP) is 6.74. The third-order valence-electron chi connectivity index (χ3n) is 6.05. The fraction of sp³-hybridized carbons (Fsp3) is 0.400. The summed E-state index contributed by atoms with van der Waals surface area (Å²) in [6.45, 7) is 11.9. The Morgan fingerprint density at radius 1 is 1.17 bits per heavy atom. The summed E-state index contributed by atoms with van der Waals surface area (Å²) in [5.41, 5.74) is -1.60. The largest absolute Gasteiger partial charge is 0.493 e. The zero-order valence-corrected chi connectivity index (χ0v) is 23.2. The summed E-state index contributed by atoms with van der Waals surface area (Å²) >= 11 is 0. The van der Waals surface area contributed by atoms with Crippen LogP contribution in [0.1, 0.15) is 62.3 Å². The van der Waals surface area contributed by atoms with Crippen LogP contribution in [0.15, 0.2) is 49.1 Å². The van der Waals surface area contributed by atoms with Gasteiger partial charge in [-0.25, -0.2) is 8.78 Å². The Balaban J connectivity index is 2.75. The number of carbonyl (C=O) groups is 2. The molecule has 6 nitrogen and oxygen atoms in total. The molecule has 0 aliphatic carbocycles. The maximum atomic E-state index is 15.6. The van der Waals surface area contributed by atoms with Crippen molar-refractivity contribution in [3.05, 3.63) is 77.4 Å². The summed E-state index contributed by atoms with van der Waals surface area (Å²) in [7, 11) is 0. The molecular weight excluding hydrogens is 549 g/mol. The molecule has 0 saturated carbocycles. The number of benzene rings is 2. The number of allylic oxidation sites excluding steroid dienone is 1.